The van der Waals surface area contributed by atoms with Crippen LogP contribution in [0.3, 0.4) is 0 Å². The molecule has 1 aromatic heterocycles. The van der Waals surface area contributed by atoms with Gasteiger partial charge in [0.15, 0.2) is 0 Å². The highest BCUT2D eigenvalue weighted by atomic mass is 19.1. The largest absolute Gasteiger partial charge is 0.294 e. The van der Waals surface area contributed by atoms with Gasteiger partial charge >= 0.3 is 0 Å². The van der Waals surface area contributed by atoms with Gasteiger partial charge in [0.25, 0.3) is 0 Å². The van der Waals surface area contributed by atoms with Gasteiger partial charge in [0, 0.05) is 25.8 Å². The van der Waals surface area contributed by atoms with E-state index in [1.165, 1.54) is 29.8 Å². The molecule has 4 heteroatoms. The Hall–Kier alpha value is -2.85. The monoisotopic (exact) mass is 362 g/mol. The zero-order valence-electron chi connectivity index (χ0n) is 14.9. The van der Waals surface area contributed by atoms with Crippen molar-refractivity contribution in [3.05, 3.63) is 95.8 Å². The SMILES string of the molecule is Fc1ccc(C2=CCN(Cc3cc(-c4ccc(F)cc4)ccn3)CC2)cc1. The minimum Gasteiger partial charge on any atom is -0.294 e. The van der Waals surface area contributed by atoms with Crippen LogP contribution in [0, 0.1) is 11.6 Å². The normalized spacial score (nSPS) is 14.8. The van der Waals surface area contributed by atoms with E-state index in [2.05, 4.69) is 22.0 Å². The summed E-state index contributed by atoms with van der Waals surface area (Å²) >= 11 is 0. The molecule has 0 radical (unpaired) electrons. The number of benzene rings is 2. The second-order valence-electron chi connectivity index (χ2n) is 6.76. The van der Waals surface area contributed by atoms with E-state index in [9.17, 15) is 8.78 Å². The van der Waals surface area contributed by atoms with Gasteiger partial charge in [-0.2, -0.15) is 0 Å². The van der Waals surface area contributed by atoms with Gasteiger partial charge in [0.05, 0.1) is 5.69 Å². The highest BCUT2D eigenvalue weighted by Crippen LogP contribution is 2.24. The molecular formula is C23H20F2N2. The Morgan fingerprint density at radius 1 is 0.815 bits per heavy atom. The Bertz CT molecular complexity index is 947. The van der Waals surface area contributed by atoms with Crippen LogP contribution in [0.15, 0.2) is 72.9 Å². The summed E-state index contributed by atoms with van der Waals surface area (Å²) in [5, 5.41) is 0. The van der Waals surface area contributed by atoms with E-state index >= 15 is 0 Å². The second-order valence-corrected chi connectivity index (χ2v) is 6.76. The Balaban J connectivity index is 1.44. The van der Waals surface area contributed by atoms with Crippen molar-refractivity contribution in [1.82, 2.24) is 9.88 Å². The first-order valence-electron chi connectivity index (χ1n) is 9.05. The van der Waals surface area contributed by atoms with E-state index in [-0.39, 0.29) is 11.6 Å². The standard InChI is InChI=1S/C23H20F2N2/c24-21-5-1-17(2-6-21)19-10-13-27(14-11-19)16-23-15-20(9-12-26-23)18-3-7-22(25)8-4-18/h1-10,12,15H,11,13-14,16H2. The molecule has 0 saturated carbocycles. The van der Waals surface area contributed by atoms with Crippen LogP contribution in [-0.4, -0.2) is 23.0 Å². The number of halogens is 2. The minimum atomic E-state index is -0.231. The average Bonchev–Trinajstić information content (AvgIpc) is 2.70. The molecule has 0 amide bonds. The molecule has 4 rings (SSSR count). The number of nitrogens with zero attached hydrogens (tertiary/aromatic N) is 2. The van der Waals surface area contributed by atoms with Crippen LogP contribution in [0.1, 0.15) is 17.7 Å². The fourth-order valence-corrected chi connectivity index (χ4v) is 3.40. The second kappa shape index (κ2) is 7.80. The molecule has 2 nitrogen and oxygen atoms in total. The zero-order valence-corrected chi connectivity index (χ0v) is 14.9. The van der Waals surface area contributed by atoms with E-state index in [1.807, 2.05) is 18.2 Å². The van der Waals surface area contributed by atoms with E-state index < -0.39 is 0 Å². The lowest BCUT2D eigenvalue weighted by Crippen LogP contribution is -2.28. The van der Waals surface area contributed by atoms with E-state index in [4.69, 9.17) is 0 Å². The quantitative estimate of drug-likeness (QED) is 0.625. The van der Waals surface area contributed by atoms with E-state index in [1.54, 1.807) is 18.3 Å². The Morgan fingerprint density at radius 2 is 1.48 bits per heavy atom. The lowest BCUT2D eigenvalue weighted by Gasteiger charge is -2.26. The third-order valence-corrected chi connectivity index (χ3v) is 4.89. The van der Waals surface area contributed by atoms with Gasteiger partial charge in [-0.3, -0.25) is 9.88 Å². The third-order valence-electron chi connectivity index (χ3n) is 4.89. The molecule has 2 aromatic carbocycles. The Kier molecular flexibility index (Phi) is 5.07. The van der Waals surface area contributed by atoms with Crippen LogP contribution in [0.5, 0.6) is 0 Å². The molecule has 2 heterocycles. The van der Waals surface area contributed by atoms with E-state index in [0.717, 1.165) is 48.4 Å². The number of pyridine rings is 1. The van der Waals surface area contributed by atoms with Crippen molar-refractivity contribution in [1.29, 1.82) is 0 Å². The molecule has 1 aliphatic heterocycles. The van der Waals surface area contributed by atoms with Crippen molar-refractivity contribution in [2.75, 3.05) is 13.1 Å². The van der Waals surface area contributed by atoms with Gasteiger partial charge in [-0.15, -0.1) is 0 Å². The molecule has 0 unspecified atom stereocenters. The maximum atomic E-state index is 13.1. The third kappa shape index (κ3) is 4.29. The van der Waals surface area contributed by atoms with Crippen molar-refractivity contribution in [3.8, 4) is 11.1 Å². The van der Waals surface area contributed by atoms with Crippen molar-refractivity contribution < 1.29 is 8.78 Å². The summed E-state index contributed by atoms with van der Waals surface area (Å²) in [6.45, 7) is 2.54. The number of hydrogen-bond acceptors (Lipinski definition) is 2. The molecule has 0 N–H and O–H groups in total. The molecule has 0 bridgehead atoms. The Morgan fingerprint density at radius 3 is 2.11 bits per heavy atom. The number of aromatic nitrogens is 1. The average molecular weight is 362 g/mol. The summed E-state index contributed by atoms with van der Waals surface area (Å²) in [6.07, 6.45) is 4.95. The molecule has 3 aromatic rings. The van der Waals surface area contributed by atoms with Crippen LogP contribution in [-0.2, 0) is 6.54 Å². The summed E-state index contributed by atoms with van der Waals surface area (Å²) in [5.41, 5.74) is 5.37. The molecule has 0 saturated heterocycles. The molecule has 27 heavy (non-hydrogen) atoms. The fourth-order valence-electron chi connectivity index (χ4n) is 3.40. The maximum absolute atomic E-state index is 13.1. The van der Waals surface area contributed by atoms with Gasteiger partial charge < -0.3 is 0 Å². The summed E-state index contributed by atoms with van der Waals surface area (Å²) in [4.78, 5) is 6.82. The summed E-state index contributed by atoms with van der Waals surface area (Å²) < 4.78 is 26.2. The van der Waals surface area contributed by atoms with Crippen molar-refractivity contribution >= 4 is 5.57 Å². The zero-order chi connectivity index (χ0) is 18.6. The van der Waals surface area contributed by atoms with Gasteiger partial charge in [-0.1, -0.05) is 30.3 Å². The molecular weight excluding hydrogens is 342 g/mol. The van der Waals surface area contributed by atoms with Crippen LogP contribution < -0.4 is 0 Å². The fraction of sp³-hybridized carbons (Fsp3) is 0.174. The minimum absolute atomic E-state index is 0.205. The highest BCUT2D eigenvalue weighted by molar-refractivity contribution is 5.66. The lowest BCUT2D eigenvalue weighted by atomic mass is 9.99. The number of rotatable bonds is 4. The van der Waals surface area contributed by atoms with Crippen molar-refractivity contribution in [2.45, 2.75) is 13.0 Å². The first kappa shape index (κ1) is 17.6. The molecule has 1 aliphatic rings. The topological polar surface area (TPSA) is 16.1 Å². The van der Waals surface area contributed by atoms with E-state index in [0.29, 0.717) is 0 Å². The first-order valence-corrected chi connectivity index (χ1v) is 9.05. The summed E-state index contributed by atoms with van der Waals surface area (Å²) in [6, 6.07) is 17.2. The summed E-state index contributed by atoms with van der Waals surface area (Å²) in [7, 11) is 0. The van der Waals surface area contributed by atoms with Crippen LogP contribution in [0.25, 0.3) is 16.7 Å². The molecule has 0 aliphatic carbocycles. The van der Waals surface area contributed by atoms with Crippen LogP contribution in [0.4, 0.5) is 8.78 Å². The van der Waals surface area contributed by atoms with Crippen molar-refractivity contribution in [3.63, 3.8) is 0 Å². The first-order chi connectivity index (χ1) is 13.2. The smallest absolute Gasteiger partial charge is 0.123 e. The van der Waals surface area contributed by atoms with Crippen LogP contribution >= 0.6 is 0 Å². The Labute approximate surface area is 157 Å². The predicted molar refractivity (Wildman–Crippen MR) is 104 cm³/mol. The molecule has 0 spiro atoms. The molecule has 136 valence electrons. The molecule has 0 fully saturated rings. The molecule has 0 atom stereocenters. The number of hydrogen-bond donors (Lipinski definition) is 0. The van der Waals surface area contributed by atoms with Crippen LogP contribution in [0.2, 0.25) is 0 Å². The van der Waals surface area contributed by atoms with Gasteiger partial charge in [0.2, 0.25) is 0 Å². The van der Waals surface area contributed by atoms with Crippen molar-refractivity contribution in [2.24, 2.45) is 0 Å². The predicted octanol–water partition coefficient (Wildman–Crippen LogP) is 5.32. The maximum Gasteiger partial charge on any atom is 0.123 e. The van der Waals surface area contributed by atoms with Gasteiger partial charge in [-0.05, 0) is 65.1 Å². The summed E-state index contributed by atoms with van der Waals surface area (Å²) in [5.74, 6) is -0.436. The van der Waals surface area contributed by atoms with Gasteiger partial charge in [0.1, 0.15) is 11.6 Å². The van der Waals surface area contributed by atoms with Gasteiger partial charge in [-0.25, -0.2) is 8.78 Å². The highest BCUT2D eigenvalue weighted by Gasteiger charge is 2.14. The lowest BCUT2D eigenvalue weighted by molar-refractivity contribution is 0.290.